The molecule has 27 heavy (non-hydrogen) atoms. The molecule has 2 N–H and O–H groups in total. The summed E-state index contributed by atoms with van der Waals surface area (Å²) >= 11 is 6.07. The Morgan fingerprint density at radius 2 is 2.00 bits per heavy atom. The number of hydrogen-bond donors (Lipinski definition) is 2. The van der Waals surface area contributed by atoms with Crippen LogP contribution >= 0.6 is 11.6 Å². The highest BCUT2D eigenvalue weighted by Gasteiger charge is 2.21. The maximum atomic E-state index is 6.07. The summed E-state index contributed by atoms with van der Waals surface area (Å²) in [5.41, 5.74) is 4.93. The van der Waals surface area contributed by atoms with Gasteiger partial charge in [-0.3, -0.25) is 5.10 Å². The number of benzene rings is 2. The van der Waals surface area contributed by atoms with Crippen LogP contribution in [0.25, 0.3) is 33.5 Å². The summed E-state index contributed by atoms with van der Waals surface area (Å²) in [6.45, 7) is 5.43. The van der Waals surface area contributed by atoms with Gasteiger partial charge in [-0.15, -0.1) is 0 Å². The fraction of sp³-hybridized carbons (Fsp3) is 0.300. The molecule has 4 aromatic rings. The van der Waals surface area contributed by atoms with Crippen LogP contribution in [0.5, 0.6) is 0 Å². The zero-order valence-electron chi connectivity index (χ0n) is 15.3. The highest BCUT2D eigenvalue weighted by atomic mass is 35.5. The van der Waals surface area contributed by atoms with E-state index in [0.29, 0.717) is 11.1 Å². The summed E-state index contributed by atoms with van der Waals surface area (Å²) in [7, 11) is 2.19. The largest absolute Gasteiger partial charge is 0.369 e. The summed E-state index contributed by atoms with van der Waals surface area (Å²) < 4.78 is 0. The molecule has 1 saturated heterocycles. The van der Waals surface area contributed by atoms with Gasteiger partial charge in [0.25, 0.3) is 0 Å². The van der Waals surface area contributed by atoms with Gasteiger partial charge >= 0.3 is 0 Å². The zero-order chi connectivity index (χ0) is 18.5. The topological polar surface area (TPSA) is 63.8 Å². The molecule has 1 aliphatic rings. The minimum atomic E-state index is 0.550. The average Bonchev–Trinajstić information content (AvgIpc) is 3.26. The Labute approximate surface area is 162 Å². The van der Waals surface area contributed by atoms with Crippen molar-refractivity contribution in [2.45, 2.75) is 13.0 Å². The molecule has 6 nitrogen and oxygen atoms in total. The molecule has 1 unspecified atom stereocenters. The molecule has 2 aromatic heterocycles. The van der Waals surface area contributed by atoms with E-state index in [0.717, 1.165) is 53.1 Å². The minimum Gasteiger partial charge on any atom is -0.369 e. The van der Waals surface area contributed by atoms with Crippen LogP contribution in [0.1, 0.15) is 6.92 Å². The molecule has 3 heterocycles. The van der Waals surface area contributed by atoms with E-state index < -0.39 is 0 Å². The van der Waals surface area contributed by atoms with Crippen LogP contribution < -0.4 is 4.90 Å². The van der Waals surface area contributed by atoms with Crippen molar-refractivity contribution >= 4 is 39.2 Å². The molecule has 5 rings (SSSR count). The van der Waals surface area contributed by atoms with Gasteiger partial charge in [-0.1, -0.05) is 11.6 Å². The van der Waals surface area contributed by atoms with Gasteiger partial charge in [0.15, 0.2) is 5.82 Å². The number of H-pyrrole nitrogens is 2. The van der Waals surface area contributed by atoms with Crippen LogP contribution in [0.15, 0.2) is 36.4 Å². The first-order valence-corrected chi connectivity index (χ1v) is 9.55. The van der Waals surface area contributed by atoms with Crippen molar-refractivity contribution in [3.05, 3.63) is 41.4 Å². The van der Waals surface area contributed by atoms with E-state index in [2.05, 4.69) is 57.2 Å². The monoisotopic (exact) mass is 380 g/mol. The molecule has 2 aromatic carbocycles. The molecule has 0 aliphatic carbocycles. The summed E-state index contributed by atoms with van der Waals surface area (Å²) in [6, 6.07) is 12.7. The van der Waals surface area contributed by atoms with Gasteiger partial charge in [0.2, 0.25) is 0 Å². The minimum absolute atomic E-state index is 0.550. The van der Waals surface area contributed by atoms with Crippen molar-refractivity contribution in [3.8, 4) is 11.5 Å². The summed E-state index contributed by atoms with van der Waals surface area (Å²) in [5.74, 6) is 0.766. The Hall–Kier alpha value is -2.57. The molecule has 0 radical (unpaired) electrons. The van der Waals surface area contributed by atoms with Gasteiger partial charge in [0.1, 0.15) is 5.69 Å². The number of rotatable bonds is 2. The number of nitrogens with one attached hydrogen (secondary N) is 2. The van der Waals surface area contributed by atoms with E-state index in [1.54, 1.807) is 0 Å². The quantitative estimate of drug-likeness (QED) is 0.553. The third-order valence-corrected chi connectivity index (χ3v) is 5.77. The number of piperazine rings is 1. The van der Waals surface area contributed by atoms with Crippen LogP contribution in [-0.2, 0) is 0 Å². The SMILES string of the molecule is CC1CN(c2ccc3nc(-c4n[nH]c5cc(Cl)ccc45)[nH]c3c2)CCN1C. The Balaban J connectivity index is 1.52. The van der Waals surface area contributed by atoms with E-state index >= 15 is 0 Å². The van der Waals surface area contributed by atoms with Crippen molar-refractivity contribution in [1.29, 1.82) is 0 Å². The number of halogens is 1. The first kappa shape index (κ1) is 16.6. The first-order chi connectivity index (χ1) is 13.1. The van der Waals surface area contributed by atoms with Crippen molar-refractivity contribution in [2.24, 2.45) is 0 Å². The van der Waals surface area contributed by atoms with Gasteiger partial charge in [0, 0.05) is 41.8 Å². The number of aromatic amines is 2. The molecule has 1 aliphatic heterocycles. The van der Waals surface area contributed by atoms with E-state index in [1.807, 2.05) is 18.2 Å². The number of imidazole rings is 1. The molecule has 1 atom stereocenters. The fourth-order valence-corrected chi connectivity index (χ4v) is 3.93. The lowest BCUT2D eigenvalue weighted by Gasteiger charge is -2.39. The van der Waals surface area contributed by atoms with Crippen molar-refractivity contribution in [3.63, 3.8) is 0 Å². The van der Waals surface area contributed by atoms with Gasteiger partial charge in [-0.25, -0.2) is 4.98 Å². The Bertz CT molecular complexity index is 1130. The number of hydrogen-bond acceptors (Lipinski definition) is 4. The van der Waals surface area contributed by atoms with Crippen LogP contribution in [0.2, 0.25) is 5.02 Å². The van der Waals surface area contributed by atoms with Gasteiger partial charge in [-0.05, 0) is 50.4 Å². The van der Waals surface area contributed by atoms with E-state index in [4.69, 9.17) is 16.6 Å². The zero-order valence-corrected chi connectivity index (χ0v) is 16.1. The van der Waals surface area contributed by atoms with E-state index in [1.165, 1.54) is 5.69 Å². The molecule has 1 fully saturated rings. The second-order valence-corrected chi connectivity index (χ2v) is 7.76. The number of anilines is 1. The van der Waals surface area contributed by atoms with E-state index in [-0.39, 0.29) is 0 Å². The predicted octanol–water partition coefficient (Wildman–Crippen LogP) is 3.90. The van der Waals surface area contributed by atoms with Crippen molar-refractivity contribution in [2.75, 3.05) is 31.6 Å². The predicted molar refractivity (Wildman–Crippen MR) is 110 cm³/mol. The van der Waals surface area contributed by atoms with Crippen LogP contribution in [0, 0.1) is 0 Å². The maximum absolute atomic E-state index is 6.07. The second-order valence-electron chi connectivity index (χ2n) is 7.32. The third kappa shape index (κ3) is 2.85. The van der Waals surface area contributed by atoms with Crippen molar-refractivity contribution in [1.82, 2.24) is 25.1 Å². The molecular formula is C20H21ClN6. The lowest BCUT2D eigenvalue weighted by molar-refractivity contribution is 0.234. The third-order valence-electron chi connectivity index (χ3n) is 5.54. The molecule has 0 bridgehead atoms. The Kier molecular flexibility index (Phi) is 3.84. The fourth-order valence-electron chi connectivity index (χ4n) is 3.76. The Morgan fingerprint density at radius 1 is 1.11 bits per heavy atom. The molecule has 7 heteroatoms. The standard InChI is InChI=1S/C20H21ClN6/c1-12-11-27(8-7-26(12)2)14-4-6-16-18(10-14)23-20(22-16)19-15-5-3-13(21)9-17(15)24-25-19/h3-6,9-10,12H,7-8,11H2,1-2H3,(H,22,23)(H,24,25). The maximum Gasteiger partial charge on any atom is 0.159 e. The van der Waals surface area contributed by atoms with Crippen molar-refractivity contribution < 1.29 is 0 Å². The highest BCUT2D eigenvalue weighted by Crippen LogP contribution is 2.29. The van der Waals surface area contributed by atoms with Gasteiger partial charge in [-0.2, -0.15) is 5.10 Å². The van der Waals surface area contributed by atoms with Crippen LogP contribution in [0.3, 0.4) is 0 Å². The van der Waals surface area contributed by atoms with E-state index in [9.17, 15) is 0 Å². The average molecular weight is 381 g/mol. The smallest absolute Gasteiger partial charge is 0.159 e. The number of likely N-dealkylation sites (N-methyl/N-ethyl adjacent to an activating group) is 1. The van der Waals surface area contributed by atoms with Crippen LogP contribution in [0.4, 0.5) is 5.69 Å². The van der Waals surface area contributed by atoms with Gasteiger partial charge in [0.05, 0.1) is 16.6 Å². The molecule has 138 valence electrons. The summed E-state index contributed by atoms with van der Waals surface area (Å²) in [4.78, 5) is 13.0. The Morgan fingerprint density at radius 3 is 2.85 bits per heavy atom. The normalized spacial score (nSPS) is 18.6. The number of aromatic nitrogens is 4. The van der Waals surface area contributed by atoms with Crippen LogP contribution in [-0.4, -0.2) is 57.8 Å². The molecule has 0 amide bonds. The summed E-state index contributed by atoms with van der Waals surface area (Å²) in [5, 5.41) is 9.17. The number of fused-ring (bicyclic) bond motifs is 2. The first-order valence-electron chi connectivity index (χ1n) is 9.17. The molecule has 0 saturated carbocycles. The van der Waals surface area contributed by atoms with Gasteiger partial charge < -0.3 is 14.8 Å². The highest BCUT2D eigenvalue weighted by molar-refractivity contribution is 6.31. The lowest BCUT2D eigenvalue weighted by Crippen LogP contribution is -2.50. The lowest BCUT2D eigenvalue weighted by atomic mass is 10.1. The summed E-state index contributed by atoms with van der Waals surface area (Å²) in [6.07, 6.45) is 0. The second kappa shape index (κ2) is 6.25. The number of nitrogens with zero attached hydrogens (tertiary/aromatic N) is 4. The molecule has 0 spiro atoms. The molecular weight excluding hydrogens is 360 g/mol.